The Balaban J connectivity index is 1.55. The van der Waals surface area contributed by atoms with Gasteiger partial charge in [0.05, 0.1) is 23.2 Å². The van der Waals surface area contributed by atoms with Gasteiger partial charge in [-0.2, -0.15) is 0 Å². The van der Waals surface area contributed by atoms with E-state index in [1.165, 1.54) is 18.1 Å². The molecule has 11 heteroatoms. The summed E-state index contributed by atoms with van der Waals surface area (Å²) in [5.74, 6) is -1.54. The van der Waals surface area contributed by atoms with E-state index in [-0.39, 0.29) is 32.4 Å². The molecule has 1 saturated heterocycles. The molecule has 2 N–H and O–H groups in total. The summed E-state index contributed by atoms with van der Waals surface area (Å²) >= 11 is 4.44. The van der Waals surface area contributed by atoms with Crippen LogP contribution in [0, 0.1) is 13.8 Å². The van der Waals surface area contributed by atoms with Crippen molar-refractivity contribution in [2.45, 2.75) is 26.5 Å². The Morgan fingerprint density at radius 2 is 1.82 bits per heavy atom. The van der Waals surface area contributed by atoms with E-state index in [0.29, 0.717) is 28.5 Å². The average molecular weight is 622 g/mol. The number of aliphatic hydroxyl groups is 1. The molecule has 1 amide bonds. The highest BCUT2D eigenvalue weighted by atomic mass is 79.9. The number of aryl methyl sites for hydroxylation is 2. The van der Waals surface area contributed by atoms with E-state index < -0.39 is 17.7 Å². The number of methoxy groups -OCH3 is 1. The smallest absolute Gasteiger partial charge is 0.301 e. The Morgan fingerprint density at radius 1 is 1.07 bits per heavy atom. The van der Waals surface area contributed by atoms with Crippen molar-refractivity contribution < 1.29 is 29.3 Å². The lowest BCUT2D eigenvalue weighted by atomic mass is 9.95. The largest absolute Gasteiger partial charge is 0.507 e. The summed E-state index contributed by atoms with van der Waals surface area (Å²) < 4.78 is 11.5. The van der Waals surface area contributed by atoms with Crippen LogP contribution < -0.4 is 14.4 Å². The van der Waals surface area contributed by atoms with E-state index in [1.54, 1.807) is 37.3 Å². The minimum atomic E-state index is -1.06. The number of phenols is 1. The minimum absolute atomic E-state index is 0.124. The molecule has 1 atom stereocenters. The number of ketones is 1. The minimum Gasteiger partial charge on any atom is -0.507 e. The van der Waals surface area contributed by atoms with Crippen LogP contribution >= 0.6 is 27.3 Å². The van der Waals surface area contributed by atoms with Crippen LogP contribution in [0.25, 0.3) is 5.76 Å². The van der Waals surface area contributed by atoms with Crippen molar-refractivity contribution in [1.82, 2.24) is 10.2 Å². The summed E-state index contributed by atoms with van der Waals surface area (Å²) in [6.45, 7) is 4.11. The van der Waals surface area contributed by atoms with Crippen molar-refractivity contribution in [3.8, 4) is 17.2 Å². The molecule has 1 fully saturated rings. The van der Waals surface area contributed by atoms with Crippen molar-refractivity contribution in [2.75, 3.05) is 12.0 Å². The average Bonchev–Trinajstić information content (AvgIpc) is 3.48. The summed E-state index contributed by atoms with van der Waals surface area (Å²) in [6.07, 6.45) is 0. The number of hydrogen-bond donors (Lipinski definition) is 2. The molecule has 40 heavy (non-hydrogen) atoms. The number of anilines is 1. The van der Waals surface area contributed by atoms with Gasteiger partial charge in [0.2, 0.25) is 5.13 Å². The normalized spacial score (nSPS) is 16.4. The van der Waals surface area contributed by atoms with E-state index in [0.717, 1.165) is 22.5 Å². The molecule has 0 spiro atoms. The predicted octanol–water partition coefficient (Wildman–Crippen LogP) is 5.84. The van der Waals surface area contributed by atoms with Gasteiger partial charge in [-0.05, 0) is 77.3 Å². The topological polar surface area (TPSA) is 122 Å². The van der Waals surface area contributed by atoms with Gasteiger partial charge >= 0.3 is 5.91 Å². The SMILES string of the molecule is COc1cc(C2C(=C(O)c3ccc(OCc4cccc(C)c4)cc3)C(=O)C(=O)N2c2nnc(C)s2)cc(Br)c1O. The molecule has 1 aliphatic rings. The van der Waals surface area contributed by atoms with Crippen molar-refractivity contribution in [3.63, 3.8) is 0 Å². The third-order valence-corrected chi connectivity index (χ3v) is 7.81. The van der Waals surface area contributed by atoms with Crippen LogP contribution in [0.4, 0.5) is 5.13 Å². The van der Waals surface area contributed by atoms with Gasteiger partial charge < -0.3 is 19.7 Å². The maximum Gasteiger partial charge on any atom is 0.301 e. The maximum atomic E-state index is 13.4. The fraction of sp³-hybridized carbons (Fsp3) is 0.172. The zero-order chi connectivity index (χ0) is 28.6. The number of hydrogen-bond acceptors (Lipinski definition) is 9. The molecular weight excluding hydrogens is 598 g/mol. The lowest BCUT2D eigenvalue weighted by molar-refractivity contribution is -0.132. The number of Topliss-reactive ketones (excluding diaryl/α,β-unsaturated/α-hetero) is 1. The Labute approximate surface area is 242 Å². The third-order valence-electron chi connectivity index (χ3n) is 6.37. The fourth-order valence-corrected chi connectivity index (χ4v) is 5.64. The Morgan fingerprint density at radius 3 is 2.48 bits per heavy atom. The molecule has 0 aliphatic carbocycles. The van der Waals surface area contributed by atoms with Crippen LogP contribution in [-0.2, 0) is 16.2 Å². The molecular formula is C29H24BrN3O6S. The standard InChI is InChI=1S/C29H24BrN3O6S/c1-15-5-4-6-17(11-15)14-39-20-9-7-18(8-10-20)25(34)23-24(19-12-21(30)26(35)22(13-19)38-3)33(28(37)27(23)36)29-32-31-16(2)40-29/h4-13,24,34-35H,14H2,1-3H3. The summed E-state index contributed by atoms with van der Waals surface area (Å²) in [4.78, 5) is 27.9. The quantitative estimate of drug-likeness (QED) is 0.150. The molecule has 2 heterocycles. The van der Waals surface area contributed by atoms with Crippen molar-refractivity contribution in [1.29, 1.82) is 0 Å². The second-order valence-corrected chi connectivity index (χ2v) is 11.1. The van der Waals surface area contributed by atoms with Gasteiger partial charge in [-0.25, -0.2) is 0 Å². The Kier molecular flexibility index (Phi) is 7.59. The zero-order valence-electron chi connectivity index (χ0n) is 21.7. The molecule has 204 valence electrons. The number of amides is 1. The van der Waals surface area contributed by atoms with E-state index >= 15 is 0 Å². The highest BCUT2D eigenvalue weighted by Gasteiger charge is 2.48. The number of aliphatic hydroxyl groups excluding tert-OH is 1. The molecule has 0 saturated carbocycles. The van der Waals surface area contributed by atoms with Gasteiger partial charge in [0.1, 0.15) is 23.1 Å². The van der Waals surface area contributed by atoms with Gasteiger partial charge in [0, 0.05) is 5.56 Å². The number of nitrogens with zero attached hydrogens (tertiary/aromatic N) is 3. The molecule has 9 nitrogen and oxygen atoms in total. The number of aromatic hydroxyl groups is 1. The molecule has 0 radical (unpaired) electrons. The number of ether oxygens (including phenoxy) is 2. The highest BCUT2D eigenvalue weighted by molar-refractivity contribution is 9.10. The first-order valence-corrected chi connectivity index (χ1v) is 13.7. The van der Waals surface area contributed by atoms with Crippen LogP contribution in [0.5, 0.6) is 17.2 Å². The zero-order valence-corrected chi connectivity index (χ0v) is 24.1. The summed E-state index contributed by atoms with van der Waals surface area (Å²) in [6, 6.07) is 16.6. The monoisotopic (exact) mass is 621 g/mol. The third kappa shape index (κ3) is 5.17. The van der Waals surface area contributed by atoms with E-state index in [4.69, 9.17) is 9.47 Å². The molecule has 1 aromatic heterocycles. The molecule has 1 unspecified atom stereocenters. The Hall–Kier alpha value is -4.22. The first kappa shape index (κ1) is 27.4. The maximum absolute atomic E-state index is 13.4. The number of phenolic OH excluding ortho intramolecular Hbond substituents is 1. The number of benzene rings is 3. The second kappa shape index (κ2) is 11.1. The van der Waals surface area contributed by atoms with Crippen molar-refractivity contribution >= 4 is 49.8 Å². The molecule has 3 aromatic carbocycles. The Bertz CT molecular complexity index is 1650. The van der Waals surface area contributed by atoms with Crippen molar-refractivity contribution in [3.05, 3.63) is 98.0 Å². The summed E-state index contributed by atoms with van der Waals surface area (Å²) in [5.41, 5.74) is 2.76. The van der Waals surface area contributed by atoms with Gasteiger partial charge in [-0.3, -0.25) is 14.5 Å². The van der Waals surface area contributed by atoms with E-state index in [9.17, 15) is 19.8 Å². The summed E-state index contributed by atoms with van der Waals surface area (Å²) in [7, 11) is 1.39. The fourth-order valence-electron chi connectivity index (χ4n) is 4.47. The van der Waals surface area contributed by atoms with Gasteiger partial charge in [0.25, 0.3) is 5.78 Å². The lowest BCUT2D eigenvalue weighted by Crippen LogP contribution is -2.29. The summed E-state index contributed by atoms with van der Waals surface area (Å²) in [5, 5.41) is 30.6. The van der Waals surface area contributed by atoms with Gasteiger partial charge in [0.15, 0.2) is 11.5 Å². The van der Waals surface area contributed by atoms with Crippen LogP contribution in [0.15, 0.2) is 70.7 Å². The van der Waals surface area contributed by atoms with Gasteiger partial charge in [-0.15, -0.1) is 10.2 Å². The predicted molar refractivity (Wildman–Crippen MR) is 154 cm³/mol. The van der Waals surface area contributed by atoms with Crippen molar-refractivity contribution in [2.24, 2.45) is 0 Å². The van der Waals surface area contributed by atoms with Crippen LogP contribution in [0.2, 0.25) is 0 Å². The first-order chi connectivity index (χ1) is 19.2. The second-order valence-electron chi connectivity index (χ2n) is 9.13. The number of rotatable bonds is 7. The number of halogens is 1. The number of carbonyl (C=O) groups is 2. The molecule has 0 bridgehead atoms. The first-order valence-electron chi connectivity index (χ1n) is 12.1. The van der Waals surface area contributed by atoms with E-state index in [1.807, 2.05) is 31.2 Å². The van der Waals surface area contributed by atoms with Crippen LogP contribution in [0.1, 0.15) is 33.3 Å². The van der Waals surface area contributed by atoms with Crippen LogP contribution in [-0.4, -0.2) is 39.2 Å². The molecule has 5 rings (SSSR count). The van der Waals surface area contributed by atoms with Gasteiger partial charge in [-0.1, -0.05) is 41.2 Å². The molecule has 4 aromatic rings. The van der Waals surface area contributed by atoms with E-state index in [2.05, 4.69) is 26.1 Å². The molecule has 1 aliphatic heterocycles. The van der Waals surface area contributed by atoms with Crippen LogP contribution in [0.3, 0.4) is 0 Å². The highest BCUT2D eigenvalue weighted by Crippen LogP contribution is 2.46. The number of carbonyl (C=O) groups excluding carboxylic acids is 2. The lowest BCUT2D eigenvalue weighted by Gasteiger charge is -2.23. The number of aromatic nitrogens is 2.